The largest absolute Gasteiger partial charge is 0.479 e. The van der Waals surface area contributed by atoms with Crippen molar-refractivity contribution in [2.45, 2.75) is 19.1 Å². The van der Waals surface area contributed by atoms with Crippen LogP contribution in [-0.4, -0.2) is 39.6 Å². The molecule has 0 radical (unpaired) electrons. The molecule has 0 aromatic heterocycles. The van der Waals surface area contributed by atoms with E-state index in [0.717, 1.165) is 5.56 Å². The molecule has 1 aromatic carbocycles. The molecule has 6 nitrogen and oxygen atoms in total. The highest BCUT2D eigenvalue weighted by atomic mass is 16.5. The molecule has 1 aromatic rings. The topological polar surface area (TPSA) is 74.0 Å². The van der Waals surface area contributed by atoms with Crippen molar-refractivity contribution < 1.29 is 19.0 Å². The van der Waals surface area contributed by atoms with E-state index in [1.807, 2.05) is 18.2 Å². The Bertz CT molecular complexity index is 492. The first kappa shape index (κ1) is 14.8. The van der Waals surface area contributed by atoms with E-state index in [0.29, 0.717) is 18.0 Å². The van der Waals surface area contributed by atoms with Crippen LogP contribution < -0.4 is 15.4 Å². The molecule has 0 aliphatic carbocycles. The summed E-state index contributed by atoms with van der Waals surface area (Å²) >= 11 is 0. The van der Waals surface area contributed by atoms with Crippen LogP contribution >= 0.6 is 0 Å². The first-order valence-corrected chi connectivity index (χ1v) is 6.44. The second-order valence-corrected chi connectivity index (χ2v) is 4.73. The van der Waals surface area contributed by atoms with Gasteiger partial charge in [0.2, 0.25) is 0 Å². The lowest BCUT2D eigenvalue weighted by atomic mass is 10.1. The second kappa shape index (κ2) is 6.21. The average molecular weight is 280 g/mol. The molecule has 110 valence electrons. The SMILES string of the molecule is COCC(N)c1ccc2c(c1)N(COC)C(=O)C(C)O2. The molecule has 0 bridgehead atoms. The van der Waals surface area contributed by atoms with Gasteiger partial charge in [-0.1, -0.05) is 6.07 Å². The molecular formula is C14H20N2O4. The fourth-order valence-electron chi connectivity index (χ4n) is 2.19. The Balaban J connectivity index is 2.37. The number of rotatable bonds is 5. The van der Waals surface area contributed by atoms with Crippen LogP contribution in [0.3, 0.4) is 0 Å². The lowest BCUT2D eigenvalue weighted by molar-refractivity contribution is -0.126. The van der Waals surface area contributed by atoms with Crippen molar-refractivity contribution in [1.82, 2.24) is 0 Å². The van der Waals surface area contributed by atoms with Crippen molar-refractivity contribution in [1.29, 1.82) is 0 Å². The molecule has 0 spiro atoms. The summed E-state index contributed by atoms with van der Waals surface area (Å²) in [5.41, 5.74) is 7.59. The van der Waals surface area contributed by atoms with Crippen molar-refractivity contribution in [2.75, 3.05) is 32.5 Å². The standard InChI is InChI=1S/C14H20N2O4/c1-9-14(17)16(8-19-3)12-6-10(11(15)7-18-2)4-5-13(12)20-9/h4-6,9,11H,7-8,15H2,1-3H3. The molecule has 1 amide bonds. The van der Waals surface area contributed by atoms with Gasteiger partial charge in [0.15, 0.2) is 6.10 Å². The number of amides is 1. The maximum atomic E-state index is 12.1. The Kier molecular flexibility index (Phi) is 4.59. The minimum Gasteiger partial charge on any atom is -0.479 e. The summed E-state index contributed by atoms with van der Waals surface area (Å²) in [6, 6.07) is 5.31. The van der Waals surface area contributed by atoms with Gasteiger partial charge in [-0.2, -0.15) is 0 Å². The molecule has 20 heavy (non-hydrogen) atoms. The summed E-state index contributed by atoms with van der Waals surface area (Å²) in [6.45, 7) is 2.31. The van der Waals surface area contributed by atoms with Gasteiger partial charge in [-0.15, -0.1) is 0 Å². The van der Waals surface area contributed by atoms with Gasteiger partial charge in [-0.25, -0.2) is 0 Å². The summed E-state index contributed by atoms with van der Waals surface area (Å²) in [6.07, 6.45) is -0.517. The van der Waals surface area contributed by atoms with E-state index in [9.17, 15) is 4.79 Å². The van der Waals surface area contributed by atoms with Crippen molar-refractivity contribution >= 4 is 11.6 Å². The first-order chi connectivity index (χ1) is 9.58. The van der Waals surface area contributed by atoms with E-state index >= 15 is 0 Å². The smallest absolute Gasteiger partial charge is 0.269 e. The van der Waals surface area contributed by atoms with E-state index in [1.165, 1.54) is 0 Å². The zero-order valence-electron chi connectivity index (χ0n) is 12.0. The van der Waals surface area contributed by atoms with Gasteiger partial charge in [0, 0.05) is 14.2 Å². The van der Waals surface area contributed by atoms with Gasteiger partial charge < -0.3 is 19.9 Å². The molecule has 0 saturated carbocycles. The molecule has 6 heteroatoms. The zero-order chi connectivity index (χ0) is 14.7. The maximum Gasteiger partial charge on any atom is 0.269 e. The lowest BCUT2D eigenvalue weighted by Gasteiger charge is -2.33. The van der Waals surface area contributed by atoms with Crippen LogP contribution in [0.1, 0.15) is 18.5 Å². The number of carbonyl (C=O) groups excluding carboxylic acids is 1. The average Bonchev–Trinajstić information content (AvgIpc) is 2.44. The molecule has 1 aliphatic heterocycles. The molecule has 0 saturated heterocycles. The predicted molar refractivity (Wildman–Crippen MR) is 74.7 cm³/mol. The van der Waals surface area contributed by atoms with E-state index in [2.05, 4.69) is 0 Å². The Morgan fingerprint density at radius 1 is 1.40 bits per heavy atom. The van der Waals surface area contributed by atoms with Crippen LogP contribution in [-0.2, 0) is 14.3 Å². The monoisotopic (exact) mass is 280 g/mol. The van der Waals surface area contributed by atoms with Crippen LogP contribution in [0.2, 0.25) is 0 Å². The van der Waals surface area contributed by atoms with Crippen LogP contribution in [0.4, 0.5) is 5.69 Å². The van der Waals surface area contributed by atoms with E-state index in [4.69, 9.17) is 19.9 Å². The van der Waals surface area contributed by atoms with Gasteiger partial charge in [-0.05, 0) is 24.6 Å². The molecule has 2 N–H and O–H groups in total. The van der Waals surface area contributed by atoms with Crippen molar-refractivity contribution in [3.05, 3.63) is 23.8 Å². The highest BCUT2D eigenvalue weighted by molar-refractivity contribution is 5.99. The van der Waals surface area contributed by atoms with Gasteiger partial charge in [0.25, 0.3) is 5.91 Å². The number of fused-ring (bicyclic) bond motifs is 1. The predicted octanol–water partition coefficient (Wildman–Crippen LogP) is 1.05. The third-order valence-electron chi connectivity index (χ3n) is 3.22. The lowest BCUT2D eigenvalue weighted by Crippen LogP contribution is -2.45. The summed E-state index contributed by atoms with van der Waals surface area (Å²) in [7, 11) is 3.15. The second-order valence-electron chi connectivity index (χ2n) is 4.73. The van der Waals surface area contributed by atoms with Crippen LogP contribution in [0.25, 0.3) is 0 Å². The minimum absolute atomic E-state index is 0.128. The van der Waals surface area contributed by atoms with Gasteiger partial charge in [0.1, 0.15) is 12.5 Å². The number of anilines is 1. The third kappa shape index (κ3) is 2.77. The Morgan fingerprint density at radius 2 is 2.15 bits per heavy atom. The Morgan fingerprint density at radius 3 is 2.80 bits per heavy atom. The van der Waals surface area contributed by atoms with E-state index in [1.54, 1.807) is 26.0 Å². The van der Waals surface area contributed by atoms with Gasteiger partial charge >= 0.3 is 0 Å². The molecule has 0 fully saturated rings. The molecule has 2 atom stereocenters. The first-order valence-electron chi connectivity index (χ1n) is 6.44. The molecular weight excluding hydrogens is 260 g/mol. The highest BCUT2D eigenvalue weighted by Gasteiger charge is 2.31. The van der Waals surface area contributed by atoms with Crippen LogP contribution in [0.15, 0.2) is 18.2 Å². The number of ether oxygens (including phenoxy) is 3. The number of hydrogen-bond acceptors (Lipinski definition) is 5. The van der Waals surface area contributed by atoms with Crippen molar-refractivity contribution in [3.8, 4) is 5.75 Å². The fourth-order valence-corrected chi connectivity index (χ4v) is 2.19. The molecule has 1 aliphatic rings. The number of nitrogens with zero attached hydrogens (tertiary/aromatic N) is 1. The number of nitrogens with two attached hydrogens (primary N) is 1. The normalized spacial score (nSPS) is 19.5. The van der Waals surface area contributed by atoms with Crippen LogP contribution in [0, 0.1) is 0 Å². The summed E-state index contributed by atoms with van der Waals surface area (Å²) in [4.78, 5) is 13.7. The summed E-state index contributed by atoms with van der Waals surface area (Å²) in [5, 5.41) is 0. The van der Waals surface area contributed by atoms with E-state index in [-0.39, 0.29) is 18.7 Å². The van der Waals surface area contributed by atoms with Crippen molar-refractivity contribution in [2.24, 2.45) is 5.73 Å². The zero-order valence-corrected chi connectivity index (χ0v) is 12.0. The number of hydrogen-bond donors (Lipinski definition) is 1. The molecule has 2 unspecified atom stereocenters. The Hall–Kier alpha value is -1.63. The third-order valence-corrected chi connectivity index (χ3v) is 3.22. The minimum atomic E-state index is -0.517. The van der Waals surface area contributed by atoms with Crippen LogP contribution in [0.5, 0.6) is 5.75 Å². The quantitative estimate of drug-likeness (QED) is 0.872. The van der Waals surface area contributed by atoms with Gasteiger partial charge in [-0.3, -0.25) is 9.69 Å². The fraction of sp³-hybridized carbons (Fsp3) is 0.500. The number of carbonyl (C=O) groups is 1. The Labute approximate surface area is 118 Å². The van der Waals surface area contributed by atoms with Crippen molar-refractivity contribution in [3.63, 3.8) is 0 Å². The summed E-state index contributed by atoms with van der Waals surface area (Å²) in [5.74, 6) is 0.527. The number of methoxy groups -OCH3 is 2. The highest BCUT2D eigenvalue weighted by Crippen LogP contribution is 2.35. The summed E-state index contributed by atoms with van der Waals surface area (Å²) < 4.78 is 15.7. The number of benzene rings is 1. The van der Waals surface area contributed by atoms with E-state index < -0.39 is 6.10 Å². The molecule has 1 heterocycles. The molecule has 2 rings (SSSR count). The maximum absolute atomic E-state index is 12.1. The van der Waals surface area contributed by atoms with Gasteiger partial charge in [0.05, 0.1) is 18.3 Å².